The number of furan rings is 1. The zero-order valence-corrected chi connectivity index (χ0v) is 14.4. The lowest BCUT2D eigenvalue weighted by Crippen LogP contribution is -2.25. The Balaban J connectivity index is 1.44. The Bertz CT molecular complexity index is 778. The molecule has 0 fully saturated rings. The monoisotopic (exact) mass is 374 g/mol. The molecule has 0 bridgehead atoms. The minimum absolute atomic E-state index is 0.0845. The molecule has 0 aliphatic carbocycles. The van der Waals surface area contributed by atoms with Gasteiger partial charge in [0.25, 0.3) is 0 Å². The van der Waals surface area contributed by atoms with E-state index in [0.717, 1.165) is 28.6 Å². The molecule has 0 aliphatic heterocycles. The molecule has 1 aromatic carbocycles. The lowest BCUT2D eigenvalue weighted by atomic mass is 10.2. The number of hydrogen-bond donors (Lipinski definition) is 1. The second-order valence-electron chi connectivity index (χ2n) is 5.46. The van der Waals surface area contributed by atoms with E-state index in [0.29, 0.717) is 19.5 Å². The van der Waals surface area contributed by atoms with E-state index in [1.165, 1.54) is 5.39 Å². The highest BCUT2D eigenvalue weighted by Crippen LogP contribution is 2.24. The van der Waals surface area contributed by atoms with E-state index in [1.54, 1.807) is 6.26 Å². The van der Waals surface area contributed by atoms with Gasteiger partial charge in [0, 0.05) is 47.5 Å². The molecule has 0 radical (unpaired) electrons. The first kappa shape index (κ1) is 15.9. The Hall–Kier alpha value is -2.01. The summed E-state index contributed by atoms with van der Waals surface area (Å²) in [7, 11) is 0. The van der Waals surface area contributed by atoms with Crippen molar-refractivity contribution in [1.82, 2.24) is 9.88 Å². The van der Waals surface area contributed by atoms with Crippen molar-refractivity contribution in [3.63, 3.8) is 0 Å². The van der Waals surface area contributed by atoms with Gasteiger partial charge in [-0.25, -0.2) is 0 Å². The number of rotatable bonds is 7. The van der Waals surface area contributed by atoms with Gasteiger partial charge in [-0.1, -0.05) is 22.0 Å². The molecule has 0 saturated carbocycles. The van der Waals surface area contributed by atoms with Crippen LogP contribution in [0.5, 0.6) is 0 Å². The number of fused-ring (bicyclic) bond motifs is 1. The van der Waals surface area contributed by atoms with E-state index in [1.807, 2.05) is 30.5 Å². The van der Waals surface area contributed by atoms with Gasteiger partial charge in [-0.05, 0) is 36.8 Å². The zero-order valence-electron chi connectivity index (χ0n) is 12.8. The third-order valence-corrected chi connectivity index (χ3v) is 4.53. The van der Waals surface area contributed by atoms with Crippen molar-refractivity contribution < 1.29 is 9.21 Å². The Labute approximate surface area is 143 Å². The summed E-state index contributed by atoms with van der Waals surface area (Å²) in [6, 6.07) is 12.0. The summed E-state index contributed by atoms with van der Waals surface area (Å²) in [6.07, 6.45) is 5.92. The summed E-state index contributed by atoms with van der Waals surface area (Å²) in [5.74, 6) is 1.05. The van der Waals surface area contributed by atoms with E-state index in [2.05, 4.69) is 37.9 Å². The fourth-order valence-electron chi connectivity index (χ4n) is 2.64. The Kier molecular flexibility index (Phi) is 5.18. The summed E-state index contributed by atoms with van der Waals surface area (Å²) >= 11 is 3.55. The van der Waals surface area contributed by atoms with Crippen LogP contribution in [0, 0.1) is 0 Å². The second kappa shape index (κ2) is 7.51. The van der Waals surface area contributed by atoms with Gasteiger partial charge < -0.3 is 14.3 Å². The molecule has 1 N–H and O–H groups in total. The van der Waals surface area contributed by atoms with E-state index in [-0.39, 0.29) is 5.91 Å². The van der Waals surface area contributed by atoms with Crippen LogP contribution in [0.25, 0.3) is 10.9 Å². The van der Waals surface area contributed by atoms with Crippen LogP contribution in [-0.4, -0.2) is 17.0 Å². The van der Waals surface area contributed by atoms with Crippen LogP contribution < -0.4 is 5.32 Å². The highest BCUT2D eigenvalue weighted by Gasteiger charge is 2.06. The number of carbonyl (C=O) groups is 1. The molecule has 4 nitrogen and oxygen atoms in total. The number of aromatic nitrogens is 1. The molecule has 3 rings (SSSR count). The number of carbonyl (C=O) groups excluding carboxylic acids is 1. The average molecular weight is 375 g/mol. The number of nitrogens with zero attached hydrogens (tertiary/aromatic N) is 1. The van der Waals surface area contributed by atoms with Crippen LogP contribution in [-0.2, 0) is 17.8 Å². The van der Waals surface area contributed by atoms with Crippen LogP contribution in [0.3, 0.4) is 0 Å². The van der Waals surface area contributed by atoms with Crippen molar-refractivity contribution >= 4 is 32.7 Å². The van der Waals surface area contributed by atoms with Crippen molar-refractivity contribution in [3.8, 4) is 0 Å². The second-order valence-corrected chi connectivity index (χ2v) is 6.32. The highest BCUT2D eigenvalue weighted by atomic mass is 79.9. The summed E-state index contributed by atoms with van der Waals surface area (Å²) in [6.45, 7) is 1.36. The lowest BCUT2D eigenvalue weighted by molar-refractivity contribution is -0.121. The molecule has 5 heteroatoms. The van der Waals surface area contributed by atoms with E-state index in [4.69, 9.17) is 4.42 Å². The first-order valence-electron chi connectivity index (χ1n) is 7.76. The van der Waals surface area contributed by atoms with E-state index >= 15 is 0 Å². The third-order valence-electron chi connectivity index (χ3n) is 3.84. The molecule has 0 saturated heterocycles. The summed E-state index contributed by atoms with van der Waals surface area (Å²) in [5.41, 5.74) is 1.14. The SMILES string of the molecule is O=C(CCn1ccc2c(Br)cccc21)NCCCc1ccco1. The van der Waals surface area contributed by atoms with Crippen molar-refractivity contribution in [2.75, 3.05) is 6.54 Å². The lowest BCUT2D eigenvalue weighted by Gasteiger charge is -2.07. The minimum Gasteiger partial charge on any atom is -0.469 e. The standard InChI is InChI=1S/C18H19BrN2O2/c19-16-6-1-7-17-15(16)8-11-21(17)12-9-18(22)20-10-2-4-14-5-3-13-23-14/h1,3,5-8,11,13H,2,4,9-10,12H2,(H,20,22). The summed E-state index contributed by atoms with van der Waals surface area (Å²) in [4.78, 5) is 11.9. The number of hydrogen-bond acceptors (Lipinski definition) is 2. The predicted octanol–water partition coefficient (Wildman–Crippen LogP) is 4.14. The molecular formula is C18H19BrN2O2. The van der Waals surface area contributed by atoms with Gasteiger partial charge in [0.2, 0.25) is 5.91 Å². The molecule has 3 aromatic rings. The number of nitrogens with one attached hydrogen (secondary N) is 1. The minimum atomic E-state index is 0.0845. The van der Waals surface area contributed by atoms with Gasteiger partial charge in [-0.3, -0.25) is 4.79 Å². The van der Waals surface area contributed by atoms with E-state index in [9.17, 15) is 4.79 Å². The molecule has 0 unspecified atom stereocenters. The smallest absolute Gasteiger partial charge is 0.221 e. The number of amides is 1. The van der Waals surface area contributed by atoms with Crippen LogP contribution in [0.4, 0.5) is 0 Å². The molecule has 0 aliphatic rings. The summed E-state index contributed by atoms with van der Waals surface area (Å²) < 4.78 is 8.46. The molecular weight excluding hydrogens is 356 g/mol. The van der Waals surface area contributed by atoms with E-state index < -0.39 is 0 Å². The highest BCUT2D eigenvalue weighted by molar-refractivity contribution is 9.10. The number of benzene rings is 1. The first-order valence-corrected chi connectivity index (χ1v) is 8.56. The van der Waals surface area contributed by atoms with Gasteiger partial charge in [0.15, 0.2) is 0 Å². The van der Waals surface area contributed by atoms with Crippen LogP contribution in [0.15, 0.2) is 57.7 Å². The molecule has 0 spiro atoms. The number of halogens is 1. The molecule has 0 atom stereocenters. The topological polar surface area (TPSA) is 47.2 Å². The third kappa shape index (κ3) is 4.05. The Morgan fingerprint density at radius 3 is 2.96 bits per heavy atom. The molecule has 1 amide bonds. The van der Waals surface area contributed by atoms with Crippen LogP contribution in [0.2, 0.25) is 0 Å². The van der Waals surface area contributed by atoms with Crippen molar-refractivity contribution in [2.24, 2.45) is 0 Å². The van der Waals surface area contributed by atoms with Gasteiger partial charge in [0.05, 0.1) is 6.26 Å². The van der Waals surface area contributed by atoms with Gasteiger partial charge >= 0.3 is 0 Å². The van der Waals surface area contributed by atoms with Crippen LogP contribution in [0.1, 0.15) is 18.6 Å². The van der Waals surface area contributed by atoms with Crippen molar-refractivity contribution in [2.45, 2.75) is 25.8 Å². The maximum atomic E-state index is 11.9. The average Bonchev–Trinajstić information content (AvgIpc) is 3.20. The van der Waals surface area contributed by atoms with Crippen LogP contribution >= 0.6 is 15.9 Å². The molecule has 23 heavy (non-hydrogen) atoms. The maximum absolute atomic E-state index is 11.9. The fourth-order valence-corrected chi connectivity index (χ4v) is 3.12. The van der Waals surface area contributed by atoms with Crippen molar-refractivity contribution in [3.05, 3.63) is 59.1 Å². The number of aryl methyl sites for hydroxylation is 2. The van der Waals surface area contributed by atoms with Crippen molar-refractivity contribution in [1.29, 1.82) is 0 Å². The quantitative estimate of drug-likeness (QED) is 0.631. The summed E-state index contributed by atoms with van der Waals surface area (Å²) in [5, 5.41) is 4.14. The molecule has 120 valence electrons. The largest absolute Gasteiger partial charge is 0.469 e. The van der Waals surface area contributed by atoms with Gasteiger partial charge in [0.1, 0.15) is 5.76 Å². The predicted molar refractivity (Wildman–Crippen MR) is 94.3 cm³/mol. The van der Waals surface area contributed by atoms with Gasteiger partial charge in [-0.15, -0.1) is 0 Å². The molecule has 2 heterocycles. The normalized spacial score (nSPS) is 11.0. The zero-order chi connectivity index (χ0) is 16.1. The fraction of sp³-hybridized carbons (Fsp3) is 0.278. The maximum Gasteiger partial charge on any atom is 0.221 e. The first-order chi connectivity index (χ1) is 11.2. The molecule has 2 aromatic heterocycles. The Morgan fingerprint density at radius 1 is 1.22 bits per heavy atom. The Morgan fingerprint density at radius 2 is 2.13 bits per heavy atom. The van der Waals surface area contributed by atoms with Gasteiger partial charge in [-0.2, -0.15) is 0 Å².